The highest BCUT2D eigenvalue weighted by atomic mass is 15.1. The molecule has 2 aliphatic heterocycles. The summed E-state index contributed by atoms with van der Waals surface area (Å²) in [6.07, 6.45) is 10.1. The molecule has 0 saturated carbocycles. The van der Waals surface area contributed by atoms with Crippen LogP contribution in [0.25, 0.3) is 0 Å². The van der Waals surface area contributed by atoms with Gasteiger partial charge in [-0.3, -0.25) is 4.99 Å². The van der Waals surface area contributed by atoms with Gasteiger partial charge in [0.15, 0.2) is 0 Å². The van der Waals surface area contributed by atoms with E-state index in [1.165, 1.54) is 62.9 Å². The van der Waals surface area contributed by atoms with Crippen LogP contribution >= 0.6 is 0 Å². The van der Waals surface area contributed by atoms with Crippen LogP contribution in [-0.2, 0) is 6.42 Å². The molecule has 3 heteroatoms. The maximum atomic E-state index is 4.61. The van der Waals surface area contributed by atoms with Crippen LogP contribution in [0.2, 0.25) is 0 Å². The minimum absolute atomic E-state index is 0.164. The van der Waals surface area contributed by atoms with Gasteiger partial charge in [-0.2, -0.15) is 0 Å². The molecule has 2 heterocycles. The van der Waals surface area contributed by atoms with E-state index in [0.717, 1.165) is 35.6 Å². The molecule has 0 spiro atoms. The molecule has 2 aliphatic rings. The van der Waals surface area contributed by atoms with Gasteiger partial charge >= 0.3 is 0 Å². The van der Waals surface area contributed by atoms with Crippen LogP contribution in [0.3, 0.4) is 0 Å². The number of nitrogens with zero attached hydrogens (tertiary/aromatic N) is 2. The molecule has 2 aromatic rings. The first-order valence-electron chi connectivity index (χ1n) is 12.9. The molecule has 0 aromatic heterocycles. The third kappa shape index (κ3) is 7.34. The number of hydrogen-bond acceptors (Lipinski definition) is 3. The maximum Gasteiger partial charge on any atom is 0.125 e. The SMILES string of the molecule is CC(C)(C)C1=CC(Nc2ccc(C#Cc3ccc(CCCCN4CCCCC4)cc3)cc2)=NC1. The lowest BCUT2D eigenvalue weighted by Crippen LogP contribution is -2.30. The first-order chi connectivity index (χ1) is 16.5. The number of hydrogen-bond donors (Lipinski definition) is 1. The number of nitrogens with one attached hydrogen (secondary N) is 1. The summed E-state index contributed by atoms with van der Waals surface area (Å²) in [5.41, 5.74) is 6.07. The molecular weight excluding hydrogens is 414 g/mol. The quantitative estimate of drug-likeness (QED) is 0.390. The Morgan fingerprint density at radius 1 is 0.853 bits per heavy atom. The predicted octanol–water partition coefficient (Wildman–Crippen LogP) is 6.69. The minimum atomic E-state index is 0.164. The summed E-state index contributed by atoms with van der Waals surface area (Å²) in [5, 5.41) is 3.41. The van der Waals surface area contributed by atoms with E-state index in [4.69, 9.17) is 0 Å². The van der Waals surface area contributed by atoms with Crippen molar-refractivity contribution in [3.05, 3.63) is 76.9 Å². The summed E-state index contributed by atoms with van der Waals surface area (Å²) in [6, 6.07) is 17.1. The average molecular weight is 454 g/mol. The number of anilines is 1. The standard InChI is InChI=1S/C31H39N3/c1-31(2,3)28-23-30(32-24-28)33-29-18-16-27(17-19-29)15-14-26-12-10-25(11-13-26)9-5-8-22-34-20-6-4-7-21-34/h10-13,16-19,23H,4-9,20-22,24H2,1-3H3,(H,32,33). The van der Waals surface area contributed by atoms with Crippen molar-refractivity contribution < 1.29 is 0 Å². The van der Waals surface area contributed by atoms with Gasteiger partial charge in [-0.05, 0) is 111 Å². The molecule has 0 amide bonds. The predicted molar refractivity (Wildman–Crippen MR) is 146 cm³/mol. The first kappa shape index (κ1) is 24.3. The lowest BCUT2D eigenvalue weighted by Gasteiger charge is -2.26. The van der Waals surface area contributed by atoms with Crippen LogP contribution in [0.5, 0.6) is 0 Å². The molecule has 1 N–H and O–H groups in total. The van der Waals surface area contributed by atoms with Crippen molar-refractivity contribution in [2.24, 2.45) is 10.4 Å². The van der Waals surface area contributed by atoms with Crippen molar-refractivity contribution in [3.63, 3.8) is 0 Å². The van der Waals surface area contributed by atoms with E-state index in [9.17, 15) is 0 Å². The molecule has 0 unspecified atom stereocenters. The van der Waals surface area contributed by atoms with Crippen molar-refractivity contribution in [1.29, 1.82) is 0 Å². The maximum absolute atomic E-state index is 4.61. The van der Waals surface area contributed by atoms with Crippen molar-refractivity contribution in [3.8, 4) is 11.8 Å². The molecular formula is C31H39N3. The van der Waals surface area contributed by atoms with Gasteiger partial charge in [-0.15, -0.1) is 0 Å². The zero-order chi connectivity index (χ0) is 23.8. The molecule has 34 heavy (non-hydrogen) atoms. The lowest BCUT2D eigenvalue weighted by molar-refractivity contribution is 0.225. The van der Waals surface area contributed by atoms with Crippen LogP contribution in [0.15, 0.2) is 65.2 Å². The number of benzene rings is 2. The van der Waals surface area contributed by atoms with E-state index >= 15 is 0 Å². The largest absolute Gasteiger partial charge is 0.341 e. The molecule has 0 bridgehead atoms. The van der Waals surface area contributed by atoms with Crippen molar-refractivity contribution in [2.45, 2.75) is 59.3 Å². The number of likely N-dealkylation sites (tertiary alicyclic amines) is 1. The Morgan fingerprint density at radius 2 is 1.50 bits per heavy atom. The zero-order valence-electron chi connectivity index (χ0n) is 21.2. The molecule has 0 radical (unpaired) electrons. The third-order valence-electron chi connectivity index (χ3n) is 6.79. The second-order valence-electron chi connectivity index (χ2n) is 10.6. The minimum Gasteiger partial charge on any atom is -0.341 e. The fraction of sp³-hybridized carbons (Fsp3) is 0.452. The first-order valence-corrected chi connectivity index (χ1v) is 12.9. The highest BCUT2D eigenvalue weighted by Gasteiger charge is 2.20. The van der Waals surface area contributed by atoms with Crippen LogP contribution < -0.4 is 5.32 Å². The fourth-order valence-electron chi connectivity index (χ4n) is 4.49. The van der Waals surface area contributed by atoms with Crippen LogP contribution in [0.1, 0.15) is 69.6 Å². The average Bonchev–Trinajstić information content (AvgIpc) is 3.32. The molecule has 0 atom stereocenters. The summed E-state index contributed by atoms with van der Waals surface area (Å²) in [6.45, 7) is 11.4. The summed E-state index contributed by atoms with van der Waals surface area (Å²) in [5.74, 6) is 7.53. The van der Waals surface area contributed by atoms with Crippen LogP contribution in [-0.4, -0.2) is 36.9 Å². The number of rotatable bonds is 6. The highest BCUT2D eigenvalue weighted by Crippen LogP contribution is 2.28. The highest BCUT2D eigenvalue weighted by molar-refractivity contribution is 6.05. The number of aryl methyl sites for hydroxylation is 1. The summed E-state index contributed by atoms with van der Waals surface area (Å²) >= 11 is 0. The van der Waals surface area contributed by atoms with Gasteiger partial charge in [0.1, 0.15) is 5.84 Å². The second kappa shape index (κ2) is 11.5. The van der Waals surface area contributed by atoms with Crippen molar-refractivity contribution >= 4 is 11.5 Å². The summed E-state index contributed by atoms with van der Waals surface area (Å²) in [4.78, 5) is 7.24. The molecule has 178 valence electrons. The van der Waals surface area contributed by atoms with Crippen molar-refractivity contribution in [1.82, 2.24) is 4.90 Å². The van der Waals surface area contributed by atoms with Gasteiger partial charge in [-0.25, -0.2) is 0 Å². The van der Waals surface area contributed by atoms with Gasteiger partial charge in [-0.1, -0.05) is 51.2 Å². The number of unbranched alkanes of at least 4 members (excludes halogenated alkanes) is 1. The molecule has 2 aromatic carbocycles. The number of amidine groups is 1. The van der Waals surface area contributed by atoms with E-state index in [1.807, 2.05) is 0 Å². The van der Waals surface area contributed by atoms with Gasteiger partial charge < -0.3 is 10.2 Å². The Morgan fingerprint density at radius 3 is 2.12 bits per heavy atom. The van der Waals surface area contributed by atoms with Crippen molar-refractivity contribution in [2.75, 3.05) is 31.5 Å². The van der Waals surface area contributed by atoms with Gasteiger partial charge in [0.2, 0.25) is 0 Å². The smallest absolute Gasteiger partial charge is 0.125 e. The Labute approximate surface area is 206 Å². The van der Waals surface area contributed by atoms with Gasteiger partial charge in [0.05, 0.1) is 6.54 Å². The van der Waals surface area contributed by atoms with E-state index < -0.39 is 0 Å². The molecule has 0 aliphatic carbocycles. The second-order valence-corrected chi connectivity index (χ2v) is 10.6. The van der Waals surface area contributed by atoms with Crippen LogP contribution in [0, 0.1) is 17.3 Å². The van der Waals surface area contributed by atoms with Gasteiger partial charge in [0, 0.05) is 16.8 Å². The molecule has 1 saturated heterocycles. The third-order valence-corrected chi connectivity index (χ3v) is 6.79. The zero-order valence-corrected chi connectivity index (χ0v) is 21.2. The Bertz CT molecular complexity index is 1050. The Hall–Kier alpha value is -2.83. The normalized spacial score (nSPS) is 16.4. The Kier molecular flexibility index (Phi) is 8.25. The topological polar surface area (TPSA) is 27.6 Å². The van der Waals surface area contributed by atoms with E-state index in [-0.39, 0.29) is 5.41 Å². The summed E-state index contributed by atoms with van der Waals surface area (Å²) < 4.78 is 0. The van der Waals surface area contributed by atoms with E-state index in [1.54, 1.807) is 0 Å². The number of piperidine rings is 1. The number of aliphatic imine (C=N–C) groups is 1. The lowest BCUT2D eigenvalue weighted by atomic mass is 9.87. The van der Waals surface area contributed by atoms with E-state index in [0.29, 0.717) is 0 Å². The van der Waals surface area contributed by atoms with Gasteiger partial charge in [0.25, 0.3) is 0 Å². The Balaban J connectivity index is 1.23. The van der Waals surface area contributed by atoms with E-state index in [2.05, 4.69) is 102 Å². The monoisotopic (exact) mass is 453 g/mol. The fourth-order valence-corrected chi connectivity index (χ4v) is 4.49. The summed E-state index contributed by atoms with van der Waals surface area (Å²) in [7, 11) is 0. The molecule has 3 nitrogen and oxygen atoms in total. The molecule has 1 fully saturated rings. The molecule has 4 rings (SSSR count). The van der Waals surface area contributed by atoms with Crippen LogP contribution in [0.4, 0.5) is 5.69 Å².